The maximum Gasteiger partial charge on any atom is 0.272 e. The first-order valence-electron chi connectivity index (χ1n) is 9.17. The molecule has 152 valence electrons. The number of amides is 2. The maximum atomic E-state index is 12.7. The van der Waals surface area contributed by atoms with Gasteiger partial charge in [-0.2, -0.15) is 5.10 Å². The van der Waals surface area contributed by atoms with Crippen LogP contribution in [0.25, 0.3) is 17.1 Å². The van der Waals surface area contributed by atoms with Crippen molar-refractivity contribution in [2.45, 2.75) is 39.3 Å². The molecule has 0 aliphatic heterocycles. The van der Waals surface area contributed by atoms with Gasteiger partial charge in [-0.15, -0.1) is 0 Å². The molecule has 3 aromatic rings. The fourth-order valence-electron chi connectivity index (χ4n) is 2.71. The number of hydrogen-bond donors (Lipinski definition) is 2. The maximum absolute atomic E-state index is 12.7. The summed E-state index contributed by atoms with van der Waals surface area (Å²) in [6.07, 6.45) is 1.54. The summed E-state index contributed by atoms with van der Waals surface area (Å²) < 4.78 is 7.07. The highest BCUT2D eigenvalue weighted by Gasteiger charge is 2.24. The van der Waals surface area contributed by atoms with Gasteiger partial charge < -0.3 is 15.1 Å². The van der Waals surface area contributed by atoms with Gasteiger partial charge >= 0.3 is 0 Å². The number of carbonyl (C=O) groups excluding carboxylic acids is 2. The van der Waals surface area contributed by atoms with E-state index in [0.29, 0.717) is 22.2 Å². The highest BCUT2D eigenvalue weighted by molar-refractivity contribution is 6.30. The lowest BCUT2D eigenvalue weighted by molar-refractivity contribution is -0.124. The van der Waals surface area contributed by atoms with Crippen molar-refractivity contribution in [1.82, 2.24) is 20.4 Å². The summed E-state index contributed by atoms with van der Waals surface area (Å²) in [7, 11) is 0. The standard InChI is InChI=1S/C21H23ClN4O3/c1-13(19(27)24-21(2,3)4)23-20(28)16-12-17(18-9-6-10-29-18)26(25-16)15-8-5-7-14(22)11-15/h5-13H,1-4H3,(H,23,28)(H,24,27). The number of hydrogen-bond acceptors (Lipinski definition) is 4. The van der Waals surface area contributed by atoms with E-state index in [1.54, 1.807) is 54.3 Å². The van der Waals surface area contributed by atoms with E-state index in [2.05, 4.69) is 15.7 Å². The number of nitrogens with one attached hydrogen (secondary N) is 2. The van der Waals surface area contributed by atoms with Crippen LogP contribution < -0.4 is 10.6 Å². The Morgan fingerprint density at radius 2 is 1.93 bits per heavy atom. The fraction of sp³-hybridized carbons (Fsp3) is 0.286. The van der Waals surface area contributed by atoms with Crippen LogP contribution in [0.15, 0.2) is 53.1 Å². The van der Waals surface area contributed by atoms with Gasteiger partial charge in [-0.3, -0.25) is 9.59 Å². The molecule has 3 rings (SSSR count). The molecule has 0 saturated heterocycles. The van der Waals surface area contributed by atoms with E-state index in [9.17, 15) is 9.59 Å². The predicted molar refractivity (Wildman–Crippen MR) is 111 cm³/mol. The van der Waals surface area contributed by atoms with E-state index < -0.39 is 17.5 Å². The average Bonchev–Trinajstić information content (AvgIpc) is 3.29. The van der Waals surface area contributed by atoms with Crippen molar-refractivity contribution >= 4 is 23.4 Å². The molecule has 0 aliphatic carbocycles. The minimum atomic E-state index is -0.717. The van der Waals surface area contributed by atoms with Crippen LogP contribution in [-0.2, 0) is 4.79 Å². The normalized spacial score (nSPS) is 12.4. The van der Waals surface area contributed by atoms with E-state index in [0.717, 1.165) is 0 Å². The second kappa shape index (κ2) is 8.13. The zero-order valence-corrected chi connectivity index (χ0v) is 17.4. The third-order valence-corrected chi connectivity index (χ3v) is 4.24. The summed E-state index contributed by atoms with van der Waals surface area (Å²) >= 11 is 6.11. The van der Waals surface area contributed by atoms with Crippen molar-refractivity contribution < 1.29 is 14.0 Å². The molecule has 0 bridgehead atoms. The minimum absolute atomic E-state index is 0.159. The highest BCUT2D eigenvalue weighted by atomic mass is 35.5. The van der Waals surface area contributed by atoms with Crippen molar-refractivity contribution in [2.24, 2.45) is 0 Å². The summed E-state index contributed by atoms with van der Waals surface area (Å²) in [4.78, 5) is 25.0. The van der Waals surface area contributed by atoms with Gasteiger partial charge in [-0.25, -0.2) is 4.68 Å². The first kappa shape index (κ1) is 20.7. The molecule has 0 fully saturated rings. The Balaban J connectivity index is 1.89. The van der Waals surface area contributed by atoms with Gasteiger partial charge in [0.25, 0.3) is 5.91 Å². The fourth-order valence-corrected chi connectivity index (χ4v) is 2.90. The highest BCUT2D eigenvalue weighted by Crippen LogP contribution is 2.25. The third kappa shape index (κ3) is 5.06. The molecule has 8 heteroatoms. The molecule has 1 unspecified atom stereocenters. The van der Waals surface area contributed by atoms with Crippen LogP contribution in [0.4, 0.5) is 0 Å². The number of carbonyl (C=O) groups is 2. The molecule has 2 heterocycles. The first-order chi connectivity index (χ1) is 13.6. The van der Waals surface area contributed by atoms with Crippen LogP contribution in [0, 0.1) is 0 Å². The Morgan fingerprint density at radius 1 is 1.17 bits per heavy atom. The van der Waals surface area contributed by atoms with Crippen LogP contribution >= 0.6 is 11.6 Å². The Kier molecular flexibility index (Phi) is 5.79. The van der Waals surface area contributed by atoms with E-state index in [4.69, 9.17) is 16.0 Å². The molecule has 29 heavy (non-hydrogen) atoms. The second-order valence-corrected chi connectivity index (χ2v) is 8.15. The third-order valence-electron chi connectivity index (χ3n) is 4.01. The zero-order valence-electron chi connectivity index (χ0n) is 16.7. The minimum Gasteiger partial charge on any atom is -0.463 e. The van der Waals surface area contributed by atoms with Crippen molar-refractivity contribution in [3.63, 3.8) is 0 Å². The molecule has 0 radical (unpaired) electrons. The molecular formula is C21H23ClN4O3. The zero-order chi connectivity index (χ0) is 21.2. The number of rotatable bonds is 5. The molecule has 1 atom stereocenters. The number of halogens is 1. The molecule has 0 spiro atoms. The summed E-state index contributed by atoms with van der Waals surface area (Å²) in [6.45, 7) is 7.26. The van der Waals surface area contributed by atoms with Crippen LogP contribution in [0.1, 0.15) is 38.2 Å². The number of furan rings is 1. The Hall–Kier alpha value is -3.06. The van der Waals surface area contributed by atoms with Gasteiger partial charge in [0.2, 0.25) is 5.91 Å². The molecule has 2 N–H and O–H groups in total. The van der Waals surface area contributed by atoms with Crippen LogP contribution in [0.2, 0.25) is 5.02 Å². The molecular weight excluding hydrogens is 392 g/mol. The molecule has 0 aliphatic rings. The van der Waals surface area contributed by atoms with Gasteiger partial charge in [0.05, 0.1) is 12.0 Å². The summed E-state index contributed by atoms with van der Waals surface area (Å²) in [5, 5.41) is 10.5. The van der Waals surface area contributed by atoms with Crippen molar-refractivity contribution in [3.8, 4) is 17.1 Å². The van der Waals surface area contributed by atoms with E-state index >= 15 is 0 Å². The van der Waals surface area contributed by atoms with Crippen LogP contribution in [0.5, 0.6) is 0 Å². The topological polar surface area (TPSA) is 89.2 Å². The lowest BCUT2D eigenvalue weighted by atomic mass is 10.1. The lowest BCUT2D eigenvalue weighted by Crippen LogP contribution is -2.50. The summed E-state index contributed by atoms with van der Waals surface area (Å²) in [5.74, 6) is -0.184. The summed E-state index contributed by atoms with van der Waals surface area (Å²) in [5.41, 5.74) is 1.04. The molecule has 0 saturated carbocycles. The Morgan fingerprint density at radius 3 is 2.55 bits per heavy atom. The molecule has 2 aromatic heterocycles. The number of nitrogens with zero attached hydrogens (tertiary/aromatic N) is 2. The van der Waals surface area contributed by atoms with Crippen molar-refractivity contribution in [2.75, 3.05) is 0 Å². The Bertz CT molecular complexity index is 1020. The quantitative estimate of drug-likeness (QED) is 0.664. The molecule has 7 nitrogen and oxygen atoms in total. The largest absolute Gasteiger partial charge is 0.463 e. The Labute approximate surface area is 174 Å². The van der Waals surface area contributed by atoms with Gasteiger partial charge in [0.1, 0.15) is 11.7 Å². The van der Waals surface area contributed by atoms with Crippen LogP contribution in [0.3, 0.4) is 0 Å². The SMILES string of the molecule is CC(NC(=O)c1cc(-c2ccco2)n(-c2cccc(Cl)c2)n1)C(=O)NC(C)(C)C. The van der Waals surface area contributed by atoms with Gasteiger partial charge in [-0.1, -0.05) is 17.7 Å². The predicted octanol–water partition coefficient (Wildman–Crippen LogP) is 3.82. The van der Waals surface area contributed by atoms with E-state index in [1.807, 2.05) is 26.8 Å². The van der Waals surface area contributed by atoms with E-state index in [1.165, 1.54) is 0 Å². The van der Waals surface area contributed by atoms with Crippen molar-refractivity contribution in [3.05, 3.63) is 59.4 Å². The monoisotopic (exact) mass is 414 g/mol. The van der Waals surface area contributed by atoms with Gasteiger partial charge in [0, 0.05) is 16.6 Å². The van der Waals surface area contributed by atoms with Gasteiger partial charge in [0.15, 0.2) is 11.5 Å². The molecule has 1 aromatic carbocycles. The first-order valence-corrected chi connectivity index (χ1v) is 9.54. The molecule has 2 amide bonds. The average molecular weight is 415 g/mol. The van der Waals surface area contributed by atoms with Crippen molar-refractivity contribution in [1.29, 1.82) is 0 Å². The van der Waals surface area contributed by atoms with E-state index in [-0.39, 0.29) is 11.6 Å². The number of aromatic nitrogens is 2. The smallest absolute Gasteiger partial charge is 0.272 e. The second-order valence-electron chi connectivity index (χ2n) is 7.72. The van der Waals surface area contributed by atoms with Gasteiger partial charge in [-0.05, 0) is 58.0 Å². The summed E-state index contributed by atoms with van der Waals surface area (Å²) in [6, 6.07) is 11.5. The lowest BCUT2D eigenvalue weighted by Gasteiger charge is -2.23. The number of benzene rings is 1. The van der Waals surface area contributed by atoms with Crippen LogP contribution in [-0.4, -0.2) is 33.2 Å².